The van der Waals surface area contributed by atoms with E-state index >= 15 is 0 Å². The lowest BCUT2D eigenvalue weighted by molar-refractivity contribution is 0.397. The third-order valence-electron chi connectivity index (χ3n) is 5.94. The number of benzene rings is 1. The molecule has 0 unspecified atom stereocenters. The third kappa shape index (κ3) is 3.10. The summed E-state index contributed by atoms with van der Waals surface area (Å²) >= 11 is 0. The largest absolute Gasteiger partial charge is 0.481 e. The second-order valence-electron chi connectivity index (χ2n) is 7.67. The van der Waals surface area contributed by atoms with Crippen molar-refractivity contribution < 1.29 is 9.13 Å². The molecular weight excluding hydrogens is 381 g/mol. The van der Waals surface area contributed by atoms with Crippen LogP contribution in [0.25, 0.3) is 16.8 Å². The molecule has 0 radical (unpaired) electrons. The number of aryl methyl sites for hydroxylation is 3. The highest BCUT2D eigenvalue weighted by molar-refractivity contribution is 5.78. The molecule has 0 fully saturated rings. The summed E-state index contributed by atoms with van der Waals surface area (Å²) in [6.45, 7) is 2.00. The molecule has 1 aliphatic rings. The van der Waals surface area contributed by atoms with Crippen LogP contribution in [-0.2, 0) is 25.7 Å². The predicted molar refractivity (Wildman–Crippen MR) is 111 cm³/mol. The molecule has 6 nitrogen and oxygen atoms in total. The number of hydrogen-bond acceptors (Lipinski definition) is 5. The summed E-state index contributed by atoms with van der Waals surface area (Å²) in [5.74, 6) is 1.26. The van der Waals surface area contributed by atoms with Gasteiger partial charge in [0.15, 0.2) is 5.65 Å². The molecule has 4 aromatic rings. The maximum absolute atomic E-state index is 14.5. The molecular formula is C23H22FN5O. The first-order valence-corrected chi connectivity index (χ1v) is 10.1. The molecule has 3 aromatic heterocycles. The van der Waals surface area contributed by atoms with Gasteiger partial charge in [0, 0.05) is 36.0 Å². The number of pyridine rings is 1. The van der Waals surface area contributed by atoms with E-state index in [1.807, 2.05) is 29.7 Å². The zero-order valence-electron chi connectivity index (χ0n) is 17.0. The van der Waals surface area contributed by atoms with Gasteiger partial charge in [-0.25, -0.2) is 14.4 Å². The van der Waals surface area contributed by atoms with E-state index in [0.717, 1.165) is 47.3 Å². The summed E-state index contributed by atoms with van der Waals surface area (Å²) in [5.41, 5.74) is 6.82. The first-order valence-electron chi connectivity index (χ1n) is 10.1. The molecule has 5 rings (SSSR count). The Morgan fingerprint density at radius 1 is 1.10 bits per heavy atom. The van der Waals surface area contributed by atoms with Crippen molar-refractivity contribution in [3.05, 3.63) is 70.8 Å². The molecule has 30 heavy (non-hydrogen) atoms. The molecule has 0 amide bonds. The van der Waals surface area contributed by atoms with Crippen LogP contribution < -0.4 is 4.74 Å². The van der Waals surface area contributed by atoms with Crippen LogP contribution >= 0.6 is 0 Å². The van der Waals surface area contributed by atoms with E-state index in [1.54, 1.807) is 25.7 Å². The Morgan fingerprint density at radius 2 is 1.97 bits per heavy atom. The quantitative estimate of drug-likeness (QED) is 0.505. The Kier molecular flexibility index (Phi) is 4.65. The number of nitrogens with zero attached hydrogens (tertiary/aromatic N) is 5. The van der Waals surface area contributed by atoms with Crippen LogP contribution in [0.1, 0.15) is 34.5 Å². The Labute approximate surface area is 173 Å². The average molecular weight is 403 g/mol. The predicted octanol–water partition coefficient (Wildman–Crippen LogP) is 3.92. The fraction of sp³-hybridized carbons (Fsp3) is 0.304. The average Bonchev–Trinajstić information content (AvgIpc) is 3.43. The summed E-state index contributed by atoms with van der Waals surface area (Å²) in [6, 6.07) is 5.41. The van der Waals surface area contributed by atoms with Gasteiger partial charge in [0.25, 0.3) is 0 Å². The number of aromatic nitrogens is 5. The van der Waals surface area contributed by atoms with Gasteiger partial charge in [0.05, 0.1) is 7.11 Å². The fourth-order valence-corrected chi connectivity index (χ4v) is 4.39. The van der Waals surface area contributed by atoms with Gasteiger partial charge in [-0.15, -0.1) is 10.2 Å². The maximum atomic E-state index is 14.5. The lowest BCUT2D eigenvalue weighted by atomic mass is 9.98. The second kappa shape index (κ2) is 7.48. The third-order valence-corrected chi connectivity index (χ3v) is 5.94. The number of ether oxygens (including phenoxy) is 1. The van der Waals surface area contributed by atoms with Gasteiger partial charge in [0.1, 0.15) is 18.0 Å². The molecule has 0 saturated carbocycles. The number of fused-ring (bicyclic) bond motifs is 2. The van der Waals surface area contributed by atoms with Gasteiger partial charge in [-0.05, 0) is 60.9 Å². The van der Waals surface area contributed by atoms with Crippen molar-refractivity contribution in [2.75, 3.05) is 7.11 Å². The van der Waals surface area contributed by atoms with Gasteiger partial charge in [-0.3, -0.25) is 4.40 Å². The number of hydrogen-bond donors (Lipinski definition) is 0. The molecule has 0 bridgehead atoms. The Balaban J connectivity index is 1.49. The van der Waals surface area contributed by atoms with Crippen molar-refractivity contribution in [3.8, 4) is 17.0 Å². The molecule has 7 heteroatoms. The summed E-state index contributed by atoms with van der Waals surface area (Å²) in [4.78, 5) is 9.00. The Bertz CT molecular complexity index is 1250. The van der Waals surface area contributed by atoms with E-state index in [0.29, 0.717) is 24.4 Å². The Hall–Kier alpha value is -3.35. The topological polar surface area (TPSA) is 65.2 Å². The number of halogens is 1. The fourth-order valence-electron chi connectivity index (χ4n) is 4.39. The lowest BCUT2D eigenvalue weighted by Gasteiger charge is -2.12. The minimum Gasteiger partial charge on any atom is -0.481 e. The van der Waals surface area contributed by atoms with Crippen molar-refractivity contribution >= 4 is 5.65 Å². The summed E-state index contributed by atoms with van der Waals surface area (Å²) in [5, 5.41) is 8.41. The minimum absolute atomic E-state index is 0.118. The Morgan fingerprint density at radius 3 is 2.80 bits per heavy atom. The molecule has 0 saturated heterocycles. The molecule has 1 aromatic carbocycles. The van der Waals surface area contributed by atoms with Crippen LogP contribution in [0.15, 0.2) is 36.9 Å². The minimum atomic E-state index is -0.118. The zero-order chi connectivity index (χ0) is 20.7. The van der Waals surface area contributed by atoms with Crippen LogP contribution in [-0.4, -0.2) is 31.7 Å². The van der Waals surface area contributed by atoms with Crippen molar-refractivity contribution in [1.82, 2.24) is 24.6 Å². The van der Waals surface area contributed by atoms with E-state index in [9.17, 15) is 4.39 Å². The highest BCUT2D eigenvalue weighted by atomic mass is 19.1. The van der Waals surface area contributed by atoms with E-state index < -0.39 is 0 Å². The second-order valence-corrected chi connectivity index (χ2v) is 7.67. The maximum Gasteiger partial charge on any atom is 0.213 e. The van der Waals surface area contributed by atoms with E-state index in [-0.39, 0.29) is 5.82 Å². The molecule has 0 spiro atoms. The summed E-state index contributed by atoms with van der Waals surface area (Å²) < 4.78 is 21.6. The number of rotatable bonds is 5. The van der Waals surface area contributed by atoms with Crippen LogP contribution in [0, 0.1) is 12.7 Å². The SMILES string of the molecule is COc1cc(C)c(-c2cnc(CCc3c(F)ccc4c3CCC4)n3cnnc23)cn1. The van der Waals surface area contributed by atoms with Gasteiger partial charge >= 0.3 is 0 Å². The van der Waals surface area contributed by atoms with Crippen molar-refractivity contribution in [2.45, 2.75) is 39.0 Å². The van der Waals surface area contributed by atoms with Crippen molar-refractivity contribution in [3.63, 3.8) is 0 Å². The van der Waals surface area contributed by atoms with Crippen LogP contribution in [0.3, 0.4) is 0 Å². The van der Waals surface area contributed by atoms with Crippen LogP contribution in [0.2, 0.25) is 0 Å². The molecule has 0 atom stereocenters. The molecule has 152 valence electrons. The monoisotopic (exact) mass is 403 g/mol. The molecule has 3 heterocycles. The van der Waals surface area contributed by atoms with E-state index in [2.05, 4.69) is 20.2 Å². The smallest absolute Gasteiger partial charge is 0.213 e. The van der Waals surface area contributed by atoms with Gasteiger partial charge < -0.3 is 4.74 Å². The van der Waals surface area contributed by atoms with Crippen LogP contribution in [0.4, 0.5) is 4.39 Å². The van der Waals surface area contributed by atoms with Crippen LogP contribution in [0.5, 0.6) is 5.88 Å². The van der Waals surface area contributed by atoms with Crippen molar-refractivity contribution in [2.24, 2.45) is 0 Å². The summed E-state index contributed by atoms with van der Waals surface area (Å²) in [7, 11) is 1.60. The van der Waals surface area contributed by atoms with Gasteiger partial charge in [-0.2, -0.15) is 0 Å². The van der Waals surface area contributed by atoms with E-state index in [4.69, 9.17) is 4.74 Å². The number of methoxy groups -OCH3 is 1. The first-order chi connectivity index (χ1) is 14.7. The molecule has 0 N–H and O–H groups in total. The zero-order valence-corrected chi connectivity index (χ0v) is 17.0. The summed E-state index contributed by atoms with van der Waals surface area (Å²) in [6.07, 6.45) is 9.56. The van der Waals surface area contributed by atoms with Gasteiger partial charge in [-0.1, -0.05) is 6.07 Å². The first kappa shape index (κ1) is 18.7. The molecule has 1 aliphatic carbocycles. The van der Waals surface area contributed by atoms with Gasteiger partial charge in [0.2, 0.25) is 5.88 Å². The standard InChI is InChI=1S/C23H22FN5O/c1-14-10-22(30-2)26-11-18(14)19-12-25-21(29-13-27-28-23(19)29)9-7-17-16-5-3-4-15(16)6-8-20(17)24/h6,8,10-13H,3-5,7,9H2,1-2H3. The highest BCUT2D eigenvalue weighted by Crippen LogP contribution is 2.30. The van der Waals surface area contributed by atoms with E-state index in [1.165, 1.54) is 11.1 Å². The normalized spacial score (nSPS) is 13.0. The lowest BCUT2D eigenvalue weighted by Crippen LogP contribution is -2.07. The highest BCUT2D eigenvalue weighted by Gasteiger charge is 2.19. The van der Waals surface area contributed by atoms with Crippen molar-refractivity contribution in [1.29, 1.82) is 0 Å². The molecule has 0 aliphatic heterocycles.